The summed E-state index contributed by atoms with van der Waals surface area (Å²) in [6.07, 6.45) is 0.427. The fraction of sp³-hybridized carbons (Fsp3) is 0.400. The molecular formula is C20H24N4O7. The van der Waals surface area contributed by atoms with E-state index in [1.165, 1.54) is 0 Å². The SMILES string of the molecule is N[C@@H](Cc1c[nH]c2ccccc12)C(=O)N[C@@H](CCC(=O)OC[C@@H]1CNC(=O)O1)C(=O)O. The molecule has 11 heteroatoms. The molecule has 0 bridgehead atoms. The number of amides is 2. The Bertz CT molecular complexity index is 973. The van der Waals surface area contributed by atoms with E-state index in [4.69, 9.17) is 15.2 Å². The van der Waals surface area contributed by atoms with Gasteiger partial charge in [0, 0.05) is 23.5 Å². The molecule has 1 aromatic heterocycles. The number of aliphatic carboxylic acids is 1. The number of esters is 1. The maximum atomic E-state index is 12.4. The first-order chi connectivity index (χ1) is 14.8. The second-order valence-corrected chi connectivity index (χ2v) is 7.20. The molecule has 0 unspecified atom stereocenters. The number of para-hydroxylation sites is 1. The van der Waals surface area contributed by atoms with Crippen LogP contribution in [-0.4, -0.2) is 65.4 Å². The Kier molecular flexibility index (Phi) is 7.08. The van der Waals surface area contributed by atoms with Gasteiger partial charge in [-0.1, -0.05) is 18.2 Å². The molecule has 0 aliphatic carbocycles. The molecule has 1 aromatic carbocycles. The van der Waals surface area contributed by atoms with Gasteiger partial charge in [-0.3, -0.25) is 9.59 Å². The number of hydrogen-bond donors (Lipinski definition) is 5. The molecule has 1 aliphatic heterocycles. The number of rotatable bonds is 10. The number of hydrogen-bond acceptors (Lipinski definition) is 7. The Labute approximate surface area is 177 Å². The molecule has 0 saturated carbocycles. The molecule has 0 radical (unpaired) electrons. The van der Waals surface area contributed by atoms with Gasteiger partial charge in [0.1, 0.15) is 12.6 Å². The number of benzene rings is 1. The highest BCUT2D eigenvalue weighted by Gasteiger charge is 2.26. The summed E-state index contributed by atoms with van der Waals surface area (Å²) >= 11 is 0. The predicted molar refractivity (Wildman–Crippen MR) is 108 cm³/mol. The number of carbonyl (C=O) groups excluding carboxylic acids is 3. The van der Waals surface area contributed by atoms with Crippen LogP contribution < -0.4 is 16.4 Å². The highest BCUT2D eigenvalue weighted by Crippen LogP contribution is 2.18. The first-order valence-corrected chi connectivity index (χ1v) is 9.77. The van der Waals surface area contributed by atoms with Gasteiger partial charge in [-0.05, 0) is 24.5 Å². The van der Waals surface area contributed by atoms with Crippen molar-refractivity contribution in [1.82, 2.24) is 15.6 Å². The third-order valence-corrected chi connectivity index (χ3v) is 4.88. The van der Waals surface area contributed by atoms with Gasteiger partial charge < -0.3 is 35.9 Å². The van der Waals surface area contributed by atoms with Crippen LogP contribution in [0.5, 0.6) is 0 Å². The minimum absolute atomic E-state index is 0.128. The van der Waals surface area contributed by atoms with Crippen LogP contribution >= 0.6 is 0 Å². The average Bonchev–Trinajstić information content (AvgIpc) is 3.35. The summed E-state index contributed by atoms with van der Waals surface area (Å²) in [4.78, 5) is 49.8. The molecule has 31 heavy (non-hydrogen) atoms. The fourth-order valence-electron chi connectivity index (χ4n) is 3.21. The molecule has 166 valence electrons. The molecule has 11 nitrogen and oxygen atoms in total. The normalized spacial score (nSPS) is 17.5. The molecule has 2 amide bonds. The van der Waals surface area contributed by atoms with E-state index in [9.17, 15) is 24.3 Å². The number of cyclic esters (lactones) is 1. The predicted octanol–water partition coefficient (Wildman–Crippen LogP) is 0.0389. The number of aromatic nitrogens is 1. The lowest BCUT2D eigenvalue weighted by Gasteiger charge is -2.17. The summed E-state index contributed by atoms with van der Waals surface area (Å²) in [5.41, 5.74) is 7.73. The number of carboxylic acids is 1. The van der Waals surface area contributed by atoms with E-state index in [0.29, 0.717) is 0 Å². The molecule has 6 N–H and O–H groups in total. The van der Waals surface area contributed by atoms with Gasteiger partial charge >= 0.3 is 18.0 Å². The van der Waals surface area contributed by atoms with Gasteiger partial charge in [-0.2, -0.15) is 0 Å². The summed E-state index contributed by atoms with van der Waals surface area (Å²) in [7, 11) is 0. The highest BCUT2D eigenvalue weighted by molar-refractivity contribution is 5.89. The maximum absolute atomic E-state index is 12.4. The number of ether oxygens (including phenoxy) is 2. The largest absolute Gasteiger partial charge is 0.480 e. The van der Waals surface area contributed by atoms with E-state index in [2.05, 4.69) is 15.6 Å². The van der Waals surface area contributed by atoms with Crippen LogP contribution in [0.1, 0.15) is 18.4 Å². The van der Waals surface area contributed by atoms with Crippen molar-refractivity contribution >= 4 is 34.8 Å². The van der Waals surface area contributed by atoms with Crippen molar-refractivity contribution in [3.05, 3.63) is 36.0 Å². The molecule has 3 rings (SSSR count). The van der Waals surface area contributed by atoms with Gasteiger partial charge in [0.2, 0.25) is 5.91 Å². The topological polar surface area (TPSA) is 173 Å². The quantitative estimate of drug-likeness (QED) is 0.327. The standard InChI is InChI=1S/C20H24N4O7/c21-14(7-11-8-22-15-4-2-1-3-13(11)15)18(26)24-16(19(27)28)5-6-17(25)30-10-12-9-23-20(29)31-12/h1-4,8,12,14,16,22H,5-7,9-10,21H2,(H,23,29)(H,24,26)(H,27,28)/t12-,14-,16-/m0/s1. The van der Waals surface area contributed by atoms with Crippen LogP contribution in [-0.2, 0) is 30.3 Å². The summed E-state index contributed by atoms with van der Waals surface area (Å²) in [6, 6.07) is 5.31. The van der Waals surface area contributed by atoms with Crippen LogP contribution in [0.2, 0.25) is 0 Å². The monoisotopic (exact) mass is 432 g/mol. The van der Waals surface area contributed by atoms with Crippen molar-refractivity contribution in [2.24, 2.45) is 5.73 Å². The number of nitrogens with one attached hydrogen (secondary N) is 3. The molecule has 1 saturated heterocycles. The number of aromatic amines is 1. The van der Waals surface area contributed by atoms with Crippen LogP contribution in [0.15, 0.2) is 30.5 Å². The number of carboxylic acid groups (broad SMARTS) is 1. The highest BCUT2D eigenvalue weighted by atomic mass is 16.6. The lowest BCUT2D eigenvalue weighted by atomic mass is 10.0. The number of nitrogens with two attached hydrogens (primary N) is 1. The van der Waals surface area contributed by atoms with Crippen molar-refractivity contribution in [2.75, 3.05) is 13.2 Å². The van der Waals surface area contributed by atoms with Crippen LogP contribution in [0, 0.1) is 0 Å². The van der Waals surface area contributed by atoms with Gasteiger partial charge in [0.15, 0.2) is 6.10 Å². The fourth-order valence-corrected chi connectivity index (χ4v) is 3.21. The molecule has 2 aromatic rings. The Hall–Kier alpha value is -3.60. The summed E-state index contributed by atoms with van der Waals surface area (Å²) in [6.45, 7) is 0.103. The molecule has 3 atom stereocenters. The average molecular weight is 432 g/mol. The van der Waals surface area contributed by atoms with Gasteiger partial charge in [0.25, 0.3) is 0 Å². The number of H-pyrrole nitrogens is 1. The van der Waals surface area contributed by atoms with Crippen molar-refractivity contribution in [3.8, 4) is 0 Å². The molecule has 2 heterocycles. The zero-order chi connectivity index (χ0) is 22.4. The Morgan fingerprint density at radius 1 is 1.32 bits per heavy atom. The van der Waals surface area contributed by atoms with Crippen LogP contribution in [0.3, 0.4) is 0 Å². The minimum atomic E-state index is -1.29. The van der Waals surface area contributed by atoms with Gasteiger partial charge in [-0.25, -0.2) is 9.59 Å². The van der Waals surface area contributed by atoms with Crippen molar-refractivity contribution in [2.45, 2.75) is 37.5 Å². The first-order valence-electron chi connectivity index (χ1n) is 9.77. The Morgan fingerprint density at radius 3 is 2.81 bits per heavy atom. The zero-order valence-electron chi connectivity index (χ0n) is 16.6. The van der Waals surface area contributed by atoms with Crippen molar-refractivity contribution < 1.29 is 33.8 Å². The minimum Gasteiger partial charge on any atom is -0.480 e. The summed E-state index contributed by atoms with van der Waals surface area (Å²) in [5.74, 6) is -2.57. The number of fused-ring (bicyclic) bond motifs is 1. The smallest absolute Gasteiger partial charge is 0.407 e. The third kappa shape index (κ3) is 5.95. The molecule has 1 aliphatic rings. The Morgan fingerprint density at radius 2 is 2.10 bits per heavy atom. The first kappa shape index (κ1) is 22.1. The van der Waals surface area contributed by atoms with E-state index in [0.717, 1.165) is 16.5 Å². The van der Waals surface area contributed by atoms with Crippen molar-refractivity contribution in [3.63, 3.8) is 0 Å². The summed E-state index contributed by atoms with van der Waals surface area (Å²) in [5, 5.41) is 15.1. The molecular weight excluding hydrogens is 408 g/mol. The van der Waals surface area contributed by atoms with E-state index in [1.54, 1.807) is 6.20 Å². The second-order valence-electron chi connectivity index (χ2n) is 7.20. The Balaban J connectivity index is 1.47. The van der Waals surface area contributed by atoms with E-state index >= 15 is 0 Å². The van der Waals surface area contributed by atoms with E-state index < -0.39 is 42.1 Å². The number of alkyl carbamates (subject to hydrolysis) is 1. The summed E-state index contributed by atoms with van der Waals surface area (Å²) < 4.78 is 9.81. The lowest BCUT2D eigenvalue weighted by molar-refractivity contribution is -0.147. The maximum Gasteiger partial charge on any atom is 0.407 e. The lowest BCUT2D eigenvalue weighted by Crippen LogP contribution is -2.49. The molecule has 0 spiro atoms. The van der Waals surface area contributed by atoms with Gasteiger partial charge in [-0.15, -0.1) is 0 Å². The van der Waals surface area contributed by atoms with Crippen molar-refractivity contribution in [1.29, 1.82) is 0 Å². The molecule has 1 fully saturated rings. The second kappa shape index (κ2) is 9.94. The van der Waals surface area contributed by atoms with E-state index in [1.807, 2.05) is 24.3 Å². The third-order valence-electron chi connectivity index (χ3n) is 4.88. The van der Waals surface area contributed by atoms with Gasteiger partial charge in [0.05, 0.1) is 12.6 Å². The number of carbonyl (C=O) groups is 4. The van der Waals surface area contributed by atoms with Crippen LogP contribution in [0.4, 0.5) is 4.79 Å². The van der Waals surface area contributed by atoms with E-state index in [-0.39, 0.29) is 32.4 Å². The zero-order valence-corrected chi connectivity index (χ0v) is 16.6. The van der Waals surface area contributed by atoms with Crippen LogP contribution in [0.25, 0.3) is 10.9 Å².